The summed E-state index contributed by atoms with van der Waals surface area (Å²) < 4.78 is 11.3. The lowest BCUT2D eigenvalue weighted by atomic mass is 9.88. The number of carbonyl (C=O) groups is 1. The summed E-state index contributed by atoms with van der Waals surface area (Å²) >= 11 is 0. The number of phenolic OH excluding ortho intramolecular Hbond substituents is 1. The quantitative estimate of drug-likeness (QED) is 0.0929. The van der Waals surface area contributed by atoms with E-state index in [1.807, 2.05) is 6.92 Å². The molecule has 1 aromatic rings. The summed E-state index contributed by atoms with van der Waals surface area (Å²) in [5.74, 6) is 0.417. The first-order chi connectivity index (χ1) is 17.5. The molecule has 5 heteroatoms. The van der Waals surface area contributed by atoms with Gasteiger partial charge in [-0.3, -0.25) is 0 Å². The Balaban J connectivity index is 3.43. The van der Waals surface area contributed by atoms with Gasteiger partial charge in [-0.2, -0.15) is 0 Å². The number of unbranched alkanes of at least 4 members (excludes halogenated alkanes) is 12. The first-order valence-electron chi connectivity index (χ1n) is 14.9. The lowest BCUT2D eigenvalue weighted by Gasteiger charge is -2.24. The topological polar surface area (TPSA) is 76.0 Å². The highest BCUT2D eigenvalue weighted by Gasteiger charge is 2.27. The van der Waals surface area contributed by atoms with E-state index in [0.717, 1.165) is 68.9 Å². The molecule has 0 heterocycles. The summed E-state index contributed by atoms with van der Waals surface area (Å²) in [5.41, 5.74) is 3.12. The Bertz CT molecular complexity index is 728. The summed E-state index contributed by atoms with van der Waals surface area (Å²) in [4.78, 5) is 11.6. The molecule has 1 aromatic carbocycles. The summed E-state index contributed by atoms with van der Waals surface area (Å²) in [6.07, 6.45) is 19.2. The highest BCUT2D eigenvalue weighted by molar-refractivity contribution is 5.70. The van der Waals surface area contributed by atoms with Crippen LogP contribution in [0.5, 0.6) is 17.2 Å². The lowest BCUT2D eigenvalue weighted by Crippen LogP contribution is -2.12. The molecule has 0 aromatic heterocycles. The van der Waals surface area contributed by atoms with Crippen LogP contribution in [0, 0.1) is 0 Å². The van der Waals surface area contributed by atoms with Crippen molar-refractivity contribution < 1.29 is 24.5 Å². The molecule has 0 aliphatic rings. The molecule has 0 aliphatic carbocycles. The average Bonchev–Trinajstić information content (AvgIpc) is 2.86. The Morgan fingerprint density at radius 1 is 0.583 bits per heavy atom. The predicted molar refractivity (Wildman–Crippen MR) is 150 cm³/mol. The number of hydrogen-bond acceptors (Lipinski definition) is 4. The van der Waals surface area contributed by atoms with Gasteiger partial charge in [0.05, 0.1) is 6.61 Å². The van der Waals surface area contributed by atoms with Gasteiger partial charge in [-0.25, -0.2) is 4.79 Å². The summed E-state index contributed by atoms with van der Waals surface area (Å²) in [6.45, 7) is 9.14. The second-order valence-electron chi connectivity index (χ2n) is 10.2. The SMILES string of the molecule is CCCCCCCc1c(O)c(OC(=O)O)c(OCCC)c(CCCCCCC)c1CCCCCCC. The monoisotopic (exact) mass is 506 g/mol. The largest absolute Gasteiger partial charge is 0.511 e. The van der Waals surface area contributed by atoms with Crippen LogP contribution in [0.1, 0.15) is 147 Å². The van der Waals surface area contributed by atoms with Gasteiger partial charge in [0.25, 0.3) is 0 Å². The van der Waals surface area contributed by atoms with E-state index >= 15 is 0 Å². The molecule has 0 radical (unpaired) electrons. The number of aromatic hydroxyl groups is 1. The van der Waals surface area contributed by atoms with Crippen molar-refractivity contribution in [1.82, 2.24) is 0 Å². The zero-order valence-electron chi connectivity index (χ0n) is 23.8. The van der Waals surface area contributed by atoms with Crippen molar-refractivity contribution in [3.63, 3.8) is 0 Å². The number of hydrogen-bond donors (Lipinski definition) is 2. The minimum Gasteiger partial charge on any atom is -0.504 e. The van der Waals surface area contributed by atoms with Gasteiger partial charge in [-0.05, 0) is 50.5 Å². The summed E-state index contributed by atoms with van der Waals surface area (Å²) in [6, 6.07) is 0. The first-order valence-corrected chi connectivity index (χ1v) is 14.9. The minimum atomic E-state index is -1.42. The molecule has 0 bridgehead atoms. The van der Waals surface area contributed by atoms with Gasteiger partial charge < -0.3 is 19.7 Å². The number of rotatable bonds is 22. The van der Waals surface area contributed by atoms with Gasteiger partial charge in [-0.1, -0.05) is 105 Å². The van der Waals surface area contributed by atoms with Gasteiger partial charge in [0.15, 0.2) is 11.5 Å². The maximum atomic E-state index is 11.6. The molecular formula is C31H54O5. The fourth-order valence-corrected chi connectivity index (χ4v) is 4.93. The summed E-state index contributed by atoms with van der Waals surface area (Å²) in [7, 11) is 0. The normalized spacial score (nSPS) is 11.1. The predicted octanol–water partition coefficient (Wildman–Crippen LogP) is 9.78. The molecule has 0 amide bonds. The third kappa shape index (κ3) is 11.9. The lowest BCUT2D eigenvalue weighted by molar-refractivity contribution is 0.140. The smallest absolute Gasteiger partial charge is 0.504 e. The molecule has 0 atom stereocenters. The Morgan fingerprint density at radius 2 is 1.03 bits per heavy atom. The Hall–Kier alpha value is -1.91. The van der Waals surface area contributed by atoms with Crippen LogP contribution in [-0.2, 0) is 19.3 Å². The van der Waals surface area contributed by atoms with Crippen LogP contribution in [0.25, 0.3) is 0 Å². The van der Waals surface area contributed by atoms with Gasteiger partial charge in [0, 0.05) is 11.1 Å². The zero-order chi connectivity index (χ0) is 26.6. The molecule has 0 unspecified atom stereocenters. The van der Waals surface area contributed by atoms with E-state index in [2.05, 4.69) is 20.8 Å². The van der Waals surface area contributed by atoms with Crippen molar-refractivity contribution in [2.45, 2.75) is 150 Å². The van der Waals surface area contributed by atoms with Crippen LogP contribution in [0.3, 0.4) is 0 Å². The Labute approximate surface area is 221 Å². The molecule has 0 fully saturated rings. The molecule has 0 saturated carbocycles. The molecule has 0 saturated heterocycles. The minimum absolute atomic E-state index is 0.00204. The van der Waals surface area contributed by atoms with Crippen molar-refractivity contribution in [1.29, 1.82) is 0 Å². The van der Waals surface area contributed by atoms with Crippen LogP contribution < -0.4 is 9.47 Å². The van der Waals surface area contributed by atoms with Crippen LogP contribution >= 0.6 is 0 Å². The van der Waals surface area contributed by atoms with E-state index in [1.165, 1.54) is 69.8 Å². The number of phenols is 1. The average molecular weight is 507 g/mol. The molecule has 208 valence electrons. The highest BCUT2D eigenvalue weighted by atomic mass is 16.7. The Morgan fingerprint density at radius 3 is 1.47 bits per heavy atom. The van der Waals surface area contributed by atoms with E-state index in [1.54, 1.807) is 0 Å². The fourth-order valence-electron chi connectivity index (χ4n) is 4.93. The molecule has 1 rings (SSSR count). The van der Waals surface area contributed by atoms with Crippen LogP contribution in [0.4, 0.5) is 4.79 Å². The molecular weight excluding hydrogens is 452 g/mol. The van der Waals surface area contributed by atoms with E-state index in [-0.39, 0.29) is 11.5 Å². The first kappa shape index (κ1) is 32.1. The second kappa shape index (κ2) is 20.2. The zero-order valence-corrected chi connectivity index (χ0v) is 23.8. The van der Waals surface area contributed by atoms with Crippen molar-refractivity contribution >= 4 is 6.16 Å². The van der Waals surface area contributed by atoms with E-state index < -0.39 is 6.16 Å². The molecule has 36 heavy (non-hydrogen) atoms. The van der Waals surface area contributed by atoms with E-state index in [9.17, 15) is 15.0 Å². The third-order valence-corrected chi connectivity index (χ3v) is 6.94. The molecule has 0 aliphatic heterocycles. The second-order valence-corrected chi connectivity index (χ2v) is 10.2. The molecule has 0 spiro atoms. The van der Waals surface area contributed by atoms with Gasteiger partial charge in [-0.15, -0.1) is 0 Å². The number of carboxylic acid groups (broad SMARTS) is 1. The van der Waals surface area contributed by atoms with Crippen LogP contribution in [-0.4, -0.2) is 23.0 Å². The van der Waals surface area contributed by atoms with Gasteiger partial charge >= 0.3 is 6.16 Å². The maximum Gasteiger partial charge on any atom is 0.511 e. The fraction of sp³-hybridized carbons (Fsp3) is 0.774. The molecule has 5 nitrogen and oxygen atoms in total. The van der Waals surface area contributed by atoms with Crippen LogP contribution in [0.2, 0.25) is 0 Å². The van der Waals surface area contributed by atoms with Crippen molar-refractivity contribution in [2.24, 2.45) is 0 Å². The van der Waals surface area contributed by atoms with Gasteiger partial charge in [0.2, 0.25) is 5.75 Å². The van der Waals surface area contributed by atoms with Crippen LogP contribution in [0.15, 0.2) is 0 Å². The van der Waals surface area contributed by atoms with Crippen molar-refractivity contribution in [2.75, 3.05) is 6.61 Å². The van der Waals surface area contributed by atoms with Crippen molar-refractivity contribution in [3.8, 4) is 17.2 Å². The van der Waals surface area contributed by atoms with Crippen molar-refractivity contribution in [3.05, 3.63) is 16.7 Å². The van der Waals surface area contributed by atoms with Gasteiger partial charge in [0.1, 0.15) is 0 Å². The third-order valence-electron chi connectivity index (χ3n) is 6.94. The molecule has 2 N–H and O–H groups in total. The van der Waals surface area contributed by atoms with E-state index in [0.29, 0.717) is 12.4 Å². The van der Waals surface area contributed by atoms with E-state index in [4.69, 9.17) is 9.47 Å². The summed E-state index contributed by atoms with van der Waals surface area (Å²) in [5, 5.41) is 20.8. The Kier molecular flexibility index (Phi) is 18.0. The maximum absolute atomic E-state index is 11.6. The highest BCUT2D eigenvalue weighted by Crippen LogP contribution is 2.47. The number of benzene rings is 1. The standard InChI is InChI=1S/C31H54O5/c1-5-9-12-15-18-21-25-26(22-19-16-13-10-6-2)28(32)30(36-31(33)34)29(35-24-8-4)27(25)23-20-17-14-11-7-3/h32H,5-24H2,1-4H3,(H,33,34). The number of ether oxygens (including phenoxy) is 2.